The first kappa shape index (κ1) is 13.4. The van der Waals surface area contributed by atoms with Gasteiger partial charge in [0.15, 0.2) is 0 Å². The molecule has 0 aromatic heterocycles. The minimum absolute atomic E-state index is 0. The fraction of sp³-hybridized carbons (Fsp3) is 0.455. The molecule has 0 saturated heterocycles. The third-order valence-corrected chi connectivity index (χ3v) is 2.25. The Hall–Kier alpha value is -0.570. The summed E-state index contributed by atoms with van der Waals surface area (Å²) in [6, 6.07) is 5.81. The van der Waals surface area contributed by atoms with Gasteiger partial charge in [-0.2, -0.15) is 0 Å². The summed E-state index contributed by atoms with van der Waals surface area (Å²) in [5, 5.41) is 9.78. The lowest BCUT2D eigenvalue weighted by atomic mass is 9.97. The highest BCUT2D eigenvalue weighted by Gasteiger charge is 2.14. The number of nitrogens with two attached hydrogens (primary N) is 1. The van der Waals surface area contributed by atoms with E-state index in [1.807, 2.05) is 39.0 Å². The Bertz CT molecular complexity index is 299. The highest BCUT2D eigenvalue weighted by atomic mass is 35.5. The zero-order valence-corrected chi connectivity index (χ0v) is 9.64. The molecule has 0 aliphatic rings. The van der Waals surface area contributed by atoms with E-state index in [0.717, 1.165) is 16.7 Å². The van der Waals surface area contributed by atoms with Crippen LogP contribution in [0.1, 0.15) is 29.7 Å². The summed E-state index contributed by atoms with van der Waals surface area (Å²) in [6.45, 7) is 5.81. The Balaban J connectivity index is 0.00000169. The van der Waals surface area contributed by atoms with Crippen molar-refractivity contribution < 1.29 is 5.11 Å². The van der Waals surface area contributed by atoms with Crippen LogP contribution in [0.3, 0.4) is 0 Å². The summed E-state index contributed by atoms with van der Waals surface area (Å²) in [6.07, 6.45) is -0.556. The maximum absolute atomic E-state index is 9.78. The van der Waals surface area contributed by atoms with Gasteiger partial charge in [0.2, 0.25) is 0 Å². The molecule has 0 spiro atoms. The SMILES string of the molecule is Cc1ccc(C)c(C(O)C(C)N)c1.Cl. The highest BCUT2D eigenvalue weighted by molar-refractivity contribution is 5.85. The molecule has 2 unspecified atom stereocenters. The van der Waals surface area contributed by atoms with E-state index in [9.17, 15) is 5.11 Å². The van der Waals surface area contributed by atoms with Crippen molar-refractivity contribution in [2.45, 2.75) is 32.9 Å². The molecule has 2 nitrogen and oxygen atoms in total. The molecule has 3 N–H and O–H groups in total. The Labute approximate surface area is 91.5 Å². The number of benzene rings is 1. The first-order chi connectivity index (χ1) is 6.02. The lowest BCUT2D eigenvalue weighted by Gasteiger charge is -2.17. The van der Waals surface area contributed by atoms with Gasteiger partial charge in [-0.25, -0.2) is 0 Å². The molecular formula is C11H18ClNO. The van der Waals surface area contributed by atoms with Crippen LogP contribution in [0.15, 0.2) is 18.2 Å². The molecule has 14 heavy (non-hydrogen) atoms. The Morgan fingerprint density at radius 2 is 1.86 bits per heavy atom. The van der Waals surface area contributed by atoms with Crippen LogP contribution in [-0.4, -0.2) is 11.1 Å². The average molecular weight is 216 g/mol. The van der Waals surface area contributed by atoms with Gasteiger partial charge in [-0.15, -0.1) is 12.4 Å². The van der Waals surface area contributed by atoms with Gasteiger partial charge in [-0.1, -0.05) is 23.8 Å². The second kappa shape index (κ2) is 5.35. The van der Waals surface area contributed by atoms with Crippen molar-refractivity contribution in [2.24, 2.45) is 5.73 Å². The third-order valence-electron chi connectivity index (χ3n) is 2.25. The maximum Gasteiger partial charge on any atom is 0.0940 e. The van der Waals surface area contributed by atoms with Gasteiger partial charge in [0.05, 0.1) is 6.10 Å². The van der Waals surface area contributed by atoms with Gasteiger partial charge in [-0.3, -0.25) is 0 Å². The summed E-state index contributed by atoms with van der Waals surface area (Å²) in [5.41, 5.74) is 8.82. The molecule has 0 radical (unpaired) electrons. The van der Waals surface area contributed by atoms with Crippen molar-refractivity contribution in [3.63, 3.8) is 0 Å². The van der Waals surface area contributed by atoms with Crippen molar-refractivity contribution in [1.29, 1.82) is 0 Å². The summed E-state index contributed by atoms with van der Waals surface area (Å²) in [7, 11) is 0. The molecule has 1 aromatic rings. The zero-order chi connectivity index (χ0) is 10.0. The van der Waals surface area contributed by atoms with Crippen LogP contribution >= 0.6 is 12.4 Å². The van der Waals surface area contributed by atoms with Gasteiger partial charge < -0.3 is 10.8 Å². The molecule has 1 aromatic carbocycles. The van der Waals surface area contributed by atoms with Crippen molar-refractivity contribution in [2.75, 3.05) is 0 Å². The molecule has 1 rings (SSSR count). The summed E-state index contributed by atoms with van der Waals surface area (Å²) in [5.74, 6) is 0. The van der Waals surface area contributed by atoms with Crippen LogP contribution in [0.2, 0.25) is 0 Å². The van der Waals surface area contributed by atoms with E-state index >= 15 is 0 Å². The molecule has 3 heteroatoms. The Morgan fingerprint density at radius 3 is 2.36 bits per heavy atom. The zero-order valence-electron chi connectivity index (χ0n) is 8.82. The number of aliphatic hydroxyl groups excluding tert-OH is 1. The number of rotatable bonds is 2. The lowest BCUT2D eigenvalue weighted by Crippen LogP contribution is -2.25. The fourth-order valence-electron chi connectivity index (χ4n) is 1.36. The van der Waals surface area contributed by atoms with Crippen molar-refractivity contribution in [1.82, 2.24) is 0 Å². The number of hydrogen-bond acceptors (Lipinski definition) is 2. The van der Waals surface area contributed by atoms with Gasteiger partial charge in [-0.05, 0) is 31.9 Å². The number of aryl methyl sites for hydroxylation is 2. The topological polar surface area (TPSA) is 46.2 Å². The first-order valence-corrected chi connectivity index (χ1v) is 4.53. The predicted molar refractivity (Wildman–Crippen MR) is 61.8 cm³/mol. The van der Waals surface area contributed by atoms with Crippen LogP contribution in [-0.2, 0) is 0 Å². The molecule has 0 aliphatic carbocycles. The number of aliphatic hydroxyl groups is 1. The monoisotopic (exact) mass is 215 g/mol. The minimum Gasteiger partial charge on any atom is -0.387 e. The van der Waals surface area contributed by atoms with Crippen LogP contribution in [0.4, 0.5) is 0 Å². The van der Waals surface area contributed by atoms with E-state index < -0.39 is 6.10 Å². The fourth-order valence-corrected chi connectivity index (χ4v) is 1.36. The van der Waals surface area contributed by atoms with Crippen LogP contribution < -0.4 is 5.73 Å². The highest BCUT2D eigenvalue weighted by Crippen LogP contribution is 2.20. The second-order valence-corrected chi connectivity index (χ2v) is 3.66. The normalized spacial score (nSPS) is 14.4. The van der Waals surface area contributed by atoms with Gasteiger partial charge in [0.1, 0.15) is 0 Å². The number of halogens is 1. The quantitative estimate of drug-likeness (QED) is 0.794. The van der Waals surface area contributed by atoms with Crippen LogP contribution in [0.5, 0.6) is 0 Å². The molecule has 0 saturated carbocycles. The summed E-state index contributed by atoms with van der Waals surface area (Å²) in [4.78, 5) is 0. The molecule has 0 fully saturated rings. The van der Waals surface area contributed by atoms with E-state index in [-0.39, 0.29) is 18.4 Å². The third kappa shape index (κ3) is 2.98. The number of hydrogen-bond donors (Lipinski definition) is 2. The van der Waals surface area contributed by atoms with E-state index in [0.29, 0.717) is 0 Å². The Kier molecular flexibility index (Phi) is 5.13. The van der Waals surface area contributed by atoms with Crippen LogP contribution in [0, 0.1) is 13.8 Å². The van der Waals surface area contributed by atoms with E-state index in [4.69, 9.17) is 5.73 Å². The predicted octanol–water partition coefficient (Wildman–Crippen LogP) is 2.11. The van der Waals surface area contributed by atoms with E-state index in [2.05, 4.69) is 0 Å². The molecule has 0 aliphatic heterocycles. The molecule has 80 valence electrons. The maximum atomic E-state index is 9.78. The lowest BCUT2D eigenvalue weighted by molar-refractivity contribution is 0.152. The van der Waals surface area contributed by atoms with Gasteiger partial charge >= 0.3 is 0 Å². The smallest absolute Gasteiger partial charge is 0.0940 e. The van der Waals surface area contributed by atoms with Crippen molar-refractivity contribution >= 4 is 12.4 Å². The second-order valence-electron chi connectivity index (χ2n) is 3.66. The molecule has 2 atom stereocenters. The largest absolute Gasteiger partial charge is 0.387 e. The average Bonchev–Trinajstić information content (AvgIpc) is 2.08. The standard InChI is InChI=1S/C11H17NO.ClH/c1-7-4-5-8(2)10(6-7)11(13)9(3)12;/h4-6,9,11,13H,12H2,1-3H3;1H. The van der Waals surface area contributed by atoms with Gasteiger partial charge in [0, 0.05) is 6.04 Å². The summed E-state index contributed by atoms with van der Waals surface area (Å²) < 4.78 is 0. The minimum atomic E-state index is -0.556. The summed E-state index contributed by atoms with van der Waals surface area (Å²) >= 11 is 0. The molecule has 0 amide bonds. The molecule has 0 heterocycles. The Morgan fingerprint density at radius 1 is 1.29 bits per heavy atom. The van der Waals surface area contributed by atoms with E-state index in [1.54, 1.807) is 0 Å². The van der Waals surface area contributed by atoms with Gasteiger partial charge in [0.25, 0.3) is 0 Å². The van der Waals surface area contributed by atoms with E-state index in [1.165, 1.54) is 0 Å². The molecular weight excluding hydrogens is 198 g/mol. The van der Waals surface area contributed by atoms with Crippen LogP contribution in [0.25, 0.3) is 0 Å². The first-order valence-electron chi connectivity index (χ1n) is 4.53. The van der Waals surface area contributed by atoms with Crippen molar-refractivity contribution in [3.8, 4) is 0 Å². The van der Waals surface area contributed by atoms with Crippen molar-refractivity contribution in [3.05, 3.63) is 34.9 Å². The molecule has 0 bridgehead atoms.